The predicted octanol–water partition coefficient (Wildman–Crippen LogP) is 3.08. The van der Waals surface area contributed by atoms with Crippen LogP contribution in [0.15, 0.2) is 39.5 Å². The lowest BCUT2D eigenvalue weighted by molar-refractivity contribution is 0.514. The number of hydrogen-bond acceptors (Lipinski definition) is 3. The summed E-state index contributed by atoms with van der Waals surface area (Å²) < 4.78 is 3.92. The zero-order valence-corrected chi connectivity index (χ0v) is 13.8. The number of aryl methyl sites for hydroxylation is 2. The maximum absolute atomic E-state index is 5.69. The van der Waals surface area contributed by atoms with E-state index >= 15 is 0 Å². The van der Waals surface area contributed by atoms with Crippen molar-refractivity contribution in [3.05, 3.63) is 50.7 Å². The molecular formula is C13H16Br2N4. The van der Waals surface area contributed by atoms with Gasteiger partial charge in [-0.05, 0) is 42.2 Å². The molecule has 0 saturated heterocycles. The van der Waals surface area contributed by atoms with Crippen molar-refractivity contribution in [2.75, 3.05) is 0 Å². The molecule has 3 N–H and O–H groups in total. The Morgan fingerprint density at radius 3 is 2.84 bits per heavy atom. The lowest BCUT2D eigenvalue weighted by atomic mass is 10.0. The van der Waals surface area contributed by atoms with Gasteiger partial charge in [0.1, 0.15) is 0 Å². The quantitative estimate of drug-likeness (QED) is 0.612. The van der Waals surface area contributed by atoms with Crippen molar-refractivity contribution in [1.29, 1.82) is 0 Å². The Hall–Kier alpha value is -0.690. The molecule has 0 amide bonds. The second kappa shape index (κ2) is 6.65. The van der Waals surface area contributed by atoms with Crippen molar-refractivity contribution in [2.24, 2.45) is 12.9 Å². The number of benzene rings is 1. The molecule has 0 aliphatic carbocycles. The molecule has 0 aliphatic heterocycles. The van der Waals surface area contributed by atoms with E-state index in [4.69, 9.17) is 5.84 Å². The fourth-order valence-corrected chi connectivity index (χ4v) is 2.92. The van der Waals surface area contributed by atoms with Crippen molar-refractivity contribution >= 4 is 31.9 Å². The molecule has 102 valence electrons. The van der Waals surface area contributed by atoms with Crippen LogP contribution >= 0.6 is 31.9 Å². The van der Waals surface area contributed by atoms with E-state index in [-0.39, 0.29) is 6.04 Å². The Bertz CT molecular complexity index is 553. The standard InChI is InChI=1S/C13H16Br2N4/c1-19-8-9(7-17-19)2-5-13(18-16)11-6-10(14)3-4-12(11)15/h3-4,6-8,13,18H,2,5,16H2,1H3. The lowest BCUT2D eigenvalue weighted by Gasteiger charge is -2.17. The van der Waals surface area contributed by atoms with Crippen LogP contribution in [-0.4, -0.2) is 9.78 Å². The van der Waals surface area contributed by atoms with Crippen molar-refractivity contribution in [1.82, 2.24) is 15.2 Å². The Morgan fingerprint density at radius 2 is 2.21 bits per heavy atom. The van der Waals surface area contributed by atoms with Crippen molar-refractivity contribution in [3.8, 4) is 0 Å². The SMILES string of the molecule is Cn1cc(CCC(NN)c2cc(Br)ccc2Br)cn1. The fraction of sp³-hybridized carbons (Fsp3) is 0.308. The summed E-state index contributed by atoms with van der Waals surface area (Å²) in [4.78, 5) is 0. The molecule has 2 aromatic rings. The molecule has 0 spiro atoms. The fourth-order valence-electron chi connectivity index (χ4n) is 2.02. The van der Waals surface area contributed by atoms with Crippen LogP contribution in [0.5, 0.6) is 0 Å². The number of aromatic nitrogens is 2. The molecule has 1 heterocycles. The number of halogens is 2. The van der Waals surface area contributed by atoms with Gasteiger partial charge >= 0.3 is 0 Å². The molecular weight excluding hydrogens is 372 g/mol. The summed E-state index contributed by atoms with van der Waals surface area (Å²) in [5.74, 6) is 5.69. The molecule has 2 rings (SSSR count). The summed E-state index contributed by atoms with van der Waals surface area (Å²) in [6.45, 7) is 0. The smallest absolute Gasteiger partial charge is 0.0521 e. The monoisotopic (exact) mass is 386 g/mol. The summed E-state index contributed by atoms with van der Waals surface area (Å²) in [6, 6.07) is 6.21. The molecule has 0 bridgehead atoms. The van der Waals surface area contributed by atoms with Gasteiger partial charge < -0.3 is 0 Å². The first-order chi connectivity index (χ1) is 9.10. The zero-order valence-electron chi connectivity index (χ0n) is 10.6. The predicted molar refractivity (Wildman–Crippen MR) is 83.4 cm³/mol. The number of rotatable bonds is 5. The van der Waals surface area contributed by atoms with Crippen LogP contribution in [0, 0.1) is 0 Å². The minimum absolute atomic E-state index is 0.104. The third-order valence-corrected chi connectivity index (χ3v) is 4.23. The molecule has 6 heteroatoms. The Kier molecular flexibility index (Phi) is 5.15. The highest BCUT2D eigenvalue weighted by molar-refractivity contribution is 9.11. The largest absolute Gasteiger partial charge is 0.276 e. The van der Waals surface area contributed by atoms with Crippen LogP contribution in [0.4, 0.5) is 0 Å². The minimum Gasteiger partial charge on any atom is -0.276 e. The van der Waals surface area contributed by atoms with E-state index in [1.807, 2.05) is 36.3 Å². The number of nitrogens with zero attached hydrogens (tertiary/aromatic N) is 2. The maximum atomic E-state index is 5.69. The van der Waals surface area contributed by atoms with Crippen molar-refractivity contribution in [3.63, 3.8) is 0 Å². The molecule has 1 aromatic carbocycles. The number of hydrogen-bond donors (Lipinski definition) is 2. The molecule has 19 heavy (non-hydrogen) atoms. The Balaban J connectivity index is 2.09. The van der Waals surface area contributed by atoms with E-state index in [9.17, 15) is 0 Å². The third-order valence-electron chi connectivity index (χ3n) is 3.01. The molecule has 0 saturated carbocycles. The van der Waals surface area contributed by atoms with E-state index in [1.54, 1.807) is 0 Å². The lowest BCUT2D eigenvalue weighted by Crippen LogP contribution is -2.28. The summed E-state index contributed by atoms with van der Waals surface area (Å²) in [7, 11) is 1.92. The second-order valence-electron chi connectivity index (χ2n) is 4.45. The summed E-state index contributed by atoms with van der Waals surface area (Å²) >= 11 is 7.06. The number of nitrogens with two attached hydrogens (primary N) is 1. The van der Waals surface area contributed by atoms with Crippen LogP contribution in [-0.2, 0) is 13.5 Å². The first kappa shape index (κ1) is 14.7. The van der Waals surface area contributed by atoms with Crippen LogP contribution in [0.2, 0.25) is 0 Å². The van der Waals surface area contributed by atoms with Gasteiger partial charge in [0, 0.05) is 28.2 Å². The highest BCUT2D eigenvalue weighted by atomic mass is 79.9. The van der Waals surface area contributed by atoms with E-state index < -0.39 is 0 Å². The first-order valence-corrected chi connectivity index (χ1v) is 7.57. The first-order valence-electron chi connectivity index (χ1n) is 5.98. The Morgan fingerprint density at radius 1 is 1.42 bits per heavy atom. The van der Waals surface area contributed by atoms with E-state index in [0.29, 0.717) is 0 Å². The van der Waals surface area contributed by atoms with Crippen LogP contribution in [0.3, 0.4) is 0 Å². The second-order valence-corrected chi connectivity index (χ2v) is 6.22. The minimum atomic E-state index is 0.104. The normalized spacial score (nSPS) is 12.6. The summed E-state index contributed by atoms with van der Waals surface area (Å²) in [6.07, 6.45) is 5.77. The van der Waals surface area contributed by atoms with Gasteiger partial charge in [0.15, 0.2) is 0 Å². The third kappa shape index (κ3) is 3.89. The van der Waals surface area contributed by atoms with Gasteiger partial charge in [-0.2, -0.15) is 5.10 Å². The Labute approximate surface area is 129 Å². The molecule has 1 atom stereocenters. The van der Waals surface area contributed by atoms with Crippen molar-refractivity contribution in [2.45, 2.75) is 18.9 Å². The van der Waals surface area contributed by atoms with E-state index in [1.165, 1.54) is 5.56 Å². The van der Waals surface area contributed by atoms with Gasteiger partial charge in [0.05, 0.1) is 6.20 Å². The van der Waals surface area contributed by atoms with Gasteiger partial charge in [0.25, 0.3) is 0 Å². The van der Waals surface area contributed by atoms with E-state index in [2.05, 4.69) is 48.5 Å². The maximum Gasteiger partial charge on any atom is 0.0521 e. The average Bonchev–Trinajstić information content (AvgIpc) is 2.80. The topological polar surface area (TPSA) is 55.9 Å². The average molecular weight is 388 g/mol. The summed E-state index contributed by atoms with van der Waals surface area (Å²) in [5, 5.41) is 4.17. The van der Waals surface area contributed by atoms with Gasteiger partial charge in [-0.25, -0.2) is 0 Å². The highest BCUT2D eigenvalue weighted by Crippen LogP contribution is 2.29. The molecule has 1 unspecified atom stereocenters. The van der Waals surface area contributed by atoms with Crippen LogP contribution in [0.1, 0.15) is 23.6 Å². The van der Waals surface area contributed by atoms with Gasteiger partial charge in [-0.3, -0.25) is 16.0 Å². The summed E-state index contributed by atoms with van der Waals surface area (Å²) in [5.41, 5.74) is 5.26. The highest BCUT2D eigenvalue weighted by Gasteiger charge is 2.14. The van der Waals surface area contributed by atoms with Crippen LogP contribution in [0.25, 0.3) is 0 Å². The molecule has 0 fully saturated rings. The van der Waals surface area contributed by atoms with Gasteiger partial charge in [0.2, 0.25) is 0 Å². The zero-order chi connectivity index (χ0) is 13.8. The van der Waals surface area contributed by atoms with Gasteiger partial charge in [-0.15, -0.1) is 0 Å². The van der Waals surface area contributed by atoms with Crippen molar-refractivity contribution < 1.29 is 0 Å². The molecule has 0 radical (unpaired) electrons. The molecule has 1 aromatic heterocycles. The molecule has 0 aliphatic rings. The number of hydrazine groups is 1. The van der Waals surface area contributed by atoms with Gasteiger partial charge in [-0.1, -0.05) is 31.9 Å². The molecule has 4 nitrogen and oxygen atoms in total. The van der Waals surface area contributed by atoms with E-state index in [0.717, 1.165) is 27.4 Å². The van der Waals surface area contributed by atoms with Crippen LogP contribution < -0.4 is 11.3 Å². The number of nitrogens with one attached hydrogen (secondary N) is 1.